The highest BCUT2D eigenvalue weighted by Gasteiger charge is 2.05. The molecular weight excluding hydrogens is 246 g/mol. The number of benzene rings is 1. The predicted octanol–water partition coefficient (Wildman–Crippen LogP) is 3.33. The van der Waals surface area contributed by atoms with E-state index in [0.717, 1.165) is 28.6 Å². The van der Waals surface area contributed by atoms with Gasteiger partial charge in [-0.15, -0.1) is 0 Å². The molecule has 5 heteroatoms. The zero-order valence-electron chi connectivity index (χ0n) is 10.2. The molecule has 0 unspecified atom stereocenters. The van der Waals surface area contributed by atoms with E-state index in [9.17, 15) is 0 Å². The van der Waals surface area contributed by atoms with Crippen molar-refractivity contribution in [1.82, 2.24) is 4.98 Å². The van der Waals surface area contributed by atoms with E-state index in [4.69, 9.17) is 10.00 Å². The van der Waals surface area contributed by atoms with E-state index < -0.39 is 0 Å². The summed E-state index contributed by atoms with van der Waals surface area (Å²) in [6, 6.07) is 7.97. The van der Waals surface area contributed by atoms with Crippen LogP contribution >= 0.6 is 11.3 Å². The zero-order chi connectivity index (χ0) is 13.0. The lowest BCUT2D eigenvalue weighted by Gasteiger charge is -2.09. The highest BCUT2D eigenvalue weighted by atomic mass is 32.1. The summed E-state index contributed by atoms with van der Waals surface area (Å²) in [5, 5.41) is 12.7. The average molecular weight is 259 g/mol. The number of aromatic nitrogens is 1. The Labute approximate surface area is 110 Å². The van der Waals surface area contributed by atoms with Gasteiger partial charge in [-0.05, 0) is 30.2 Å². The van der Waals surface area contributed by atoms with Gasteiger partial charge in [-0.3, -0.25) is 0 Å². The average Bonchev–Trinajstić information content (AvgIpc) is 2.86. The minimum absolute atomic E-state index is 0.599. The number of rotatable bonds is 4. The van der Waals surface area contributed by atoms with Crippen LogP contribution in [0, 0.1) is 11.3 Å². The molecule has 4 nitrogen and oxygen atoms in total. The molecule has 0 aliphatic rings. The van der Waals surface area contributed by atoms with Crippen LogP contribution in [0.4, 0.5) is 10.8 Å². The molecule has 0 aliphatic heterocycles. The van der Waals surface area contributed by atoms with E-state index in [0.29, 0.717) is 4.88 Å². The van der Waals surface area contributed by atoms with Crippen LogP contribution in [0.5, 0.6) is 5.75 Å². The number of anilines is 2. The number of nitriles is 1. The van der Waals surface area contributed by atoms with Crippen LogP contribution in [0.1, 0.15) is 17.4 Å². The Balaban J connectivity index is 2.21. The standard InChI is InChI=1S/C13H13N3OS/c1-3-9-6-10(4-5-12(9)17-2)16-13-15-8-11(7-14)18-13/h4-6,8H,3H2,1-2H3,(H,15,16). The fourth-order valence-electron chi connectivity index (χ4n) is 1.64. The van der Waals surface area contributed by atoms with Gasteiger partial charge in [0.05, 0.1) is 13.3 Å². The van der Waals surface area contributed by atoms with Crippen molar-refractivity contribution in [2.75, 3.05) is 12.4 Å². The number of nitrogens with one attached hydrogen (secondary N) is 1. The third kappa shape index (κ3) is 2.60. The van der Waals surface area contributed by atoms with Crippen LogP contribution in [-0.2, 0) is 6.42 Å². The summed E-state index contributed by atoms with van der Waals surface area (Å²) in [6.45, 7) is 2.08. The summed E-state index contributed by atoms with van der Waals surface area (Å²) in [4.78, 5) is 4.73. The maximum absolute atomic E-state index is 8.74. The lowest BCUT2D eigenvalue weighted by atomic mass is 10.1. The second kappa shape index (κ2) is 5.52. The molecule has 0 radical (unpaired) electrons. The number of nitrogens with zero attached hydrogens (tertiary/aromatic N) is 2. The largest absolute Gasteiger partial charge is 0.496 e. The summed E-state index contributed by atoms with van der Waals surface area (Å²) in [5.74, 6) is 0.889. The van der Waals surface area contributed by atoms with Gasteiger partial charge in [0, 0.05) is 5.69 Å². The SMILES string of the molecule is CCc1cc(Nc2ncc(C#N)s2)ccc1OC. The lowest BCUT2D eigenvalue weighted by Crippen LogP contribution is -1.94. The van der Waals surface area contributed by atoms with E-state index in [-0.39, 0.29) is 0 Å². The van der Waals surface area contributed by atoms with E-state index in [1.807, 2.05) is 18.2 Å². The molecule has 0 fully saturated rings. The number of hydrogen-bond donors (Lipinski definition) is 1. The molecule has 1 aromatic heterocycles. The minimum atomic E-state index is 0.599. The number of aryl methyl sites for hydroxylation is 1. The van der Waals surface area contributed by atoms with Gasteiger partial charge >= 0.3 is 0 Å². The molecule has 92 valence electrons. The first-order valence-electron chi connectivity index (χ1n) is 5.56. The third-order valence-corrected chi connectivity index (χ3v) is 3.35. The number of hydrogen-bond acceptors (Lipinski definition) is 5. The zero-order valence-corrected chi connectivity index (χ0v) is 11.0. The van der Waals surface area contributed by atoms with Crippen LogP contribution in [0.2, 0.25) is 0 Å². The van der Waals surface area contributed by atoms with Crippen molar-refractivity contribution in [1.29, 1.82) is 5.26 Å². The van der Waals surface area contributed by atoms with Gasteiger partial charge in [0.15, 0.2) is 5.13 Å². The van der Waals surface area contributed by atoms with Gasteiger partial charge in [0.2, 0.25) is 0 Å². The Morgan fingerprint density at radius 3 is 2.94 bits per heavy atom. The number of methoxy groups -OCH3 is 1. The first-order chi connectivity index (χ1) is 8.76. The van der Waals surface area contributed by atoms with Crippen molar-refractivity contribution < 1.29 is 4.74 Å². The molecule has 1 aromatic carbocycles. The Kier molecular flexibility index (Phi) is 3.80. The highest BCUT2D eigenvalue weighted by molar-refractivity contribution is 7.16. The summed E-state index contributed by atoms with van der Waals surface area (Å²) in [6.07, 6.45) is 2.47. The molecule has 1 N–H and O–H groups in total. The molecule has 0 bridgehead atoms. The number of thiazole rings is 1. The normalized spacial score (nSPS) is 9.83. The van der Waals surface area contributed by atoms with Gasteiger partial charge in [0.25, 0.3) is 0 Å². The van der Waals surface area contributed by atoms with E-state index in [2.05, 4.69) is 23.3 Å². The van der Waals surface area contributed by atoms with E-state index in [1.54, 1.807) is 13.3 Å². The van der Waals surface area contributed by atoms with Crippen LogP contribution in [-0.4, -0.2) is 12.1 Å². The molecule has 2 rings (SSSR count). The van der Waals surface area contributed by atoms with Gasteiger partial charge in [0.1, 0.15) is 16.7 Å². The smallest absolute Gasteiger partial charge is 0.188 e. The summed E-state index contributed by atoms with van der Waals surface area (Å²) >= 11 is 1.34. The Bertz CT molecular complexity index is 586. The van der Waals surface area contributed by atoms with Crippen LogP contribution in [0.25, 0.3) is 0 Å². The monoisotopic (exact) mass is 259 g/mol. The molecule has 0 amide bonds. The fourth-order valence-corrected chi connectivity index (χ4v) is 2.27. The predicted molar refractivity (Wildman–Crippen MR) is 72.5 cm³/mol. The van der Waals surface area contributed by atoms with E-state index in [1.165, 1.54) is 11.3 Å². The summed E-state index contributed by atoms with van der Waals surface area (Å²) in [5.41, 5.74) is 2.09. The Hall–Kier alpha value is -2.06. The molecule has 0 spiro atoms. The maximum atomic E-state index is 8.74. The first-order valence-corrected chi connectivity index (χ1v) is 6.38. The second-order valence-electron chi connectivity index (χ2n) is 3.65. The van der Waals surface area contributed by atoms with Gasteiger partial charge < -0.3 is 10.1 Å². The van der Waals surface area contributed by atoms with Crippen molar-refractivity contribution in [3.63, 3.8) is 0 Å². The minimum Gasteiger partial charge on any atom is -0.496 e. The van der Waals surface area contributed by atoms with E-state index >= 15 is 0 Å². The maximum Gasteiger partial charge on any atom is 0.188 e. The molecule has 0 atom stereocenters. The van der Waals surface area contributed by atoms with Gasteiger partial charge in [-0.1, -0.05) is 18.3 Å². The lowest BCUT2D eigenvalue weighted by molar-refractivity contribution is 0.410. The van der Waals surface area contributed by atoms with Gasteiger partial charge in [-0.25, -0.2) is 4.98 Å². The van der Waals surface area contributed by atoms with Crippen molar-refractivity contribution in [2.45, 2.75) is 13.3 Å². The third-order valence-electron chi connectivity index (χ3n) is 2.53. The van der Waals surface area contributed by atoms with Crippen LogP contribution < -0.4 is 10.1 Å². The first kappa shape index (κ1) is 12.4. The van der Waals surface area contributed by atoms with Crippen molar-refractivity contribution >= 4 is 22.2 Å². The van der Waals surface area contributed by atoms with Crippen molar-refractivity contribution in [3.8, 4) is 11.8 Å². The van der Waals surface area contributed by atoms with Crippen molar-refractivity contribution in [2.24, 2.45) is 0 Å². The number of ether oxygens (including phenoxy) is 1. The summed E-state index contributed by atoms with van der Waals surface area (Å²) in [7, 11) is 1.67. The molecule has 0 aliphatic carbocycles. The van der Waals surface area contributed by atoms with Crippen LogP contribution in [0.15, 0.2) is 24.4 Å². The molecule has 0 saturated carbocycles. The molecule has 1 heterocycles. The van der Waals surface area contributed by atoms with Crippen LogP contribution in [0.3, 0.4) is 0 Å². The Morgan fingerprint density at radius 2 is 2.33 bits per heavy atom. The van der Waals surface area contributed by atoms with Crippen molar-refractivity contribution in [3.05, 3.63) is 34.8 Å². The second-order valence-corrected chi connectivity index (χ2v) is 4.68. The molecule has 18 heavy (non-hydrogen) atoms. The molecular formula is C13H13N3OS. The fraction of sp³-hybridized carbons (Fsp3) is 0.231. The highest BCUT2D eigenvalue weighted by Crippen LogP contribution is 2.27. The molecule has 0 saturated heterocycles. The Morgan fingerprint density at radius 1 is 1.50 bits per heavy atom. The van der Waals surface area contributed by atoms with Gasteiger partial charge in [-0.2, -0.15) is 5.26 Å². The quantitative estimate of drug-likeness (QED) is 0.915. The summed E-state index contributed by atoms with van der Waals surface area (Å²) < 4.78 is 5.28. The topological polar surface area (TPSA) is 57.9 Å². The molecule has 2 aromatic rings.